The number of nitrogens with zero attached hydrogens (tertiary/aromatic N) is 6. The van der Waals surface area contributed by atoms with Crippen LogP contribution in [0.4, 0.5) is 5.69 Å². The molecule has 29 heavy (non-hydrogen) atoms. The normalized spacial score (nSPS) is 17.1. The third-order valence-electron chi connectivity index (χ3n) is 5.37. The molecule has 0 saturated carbocycles. The molecule has 0 bridgehead atoms. The van der Waals surface area contributed by atoms with Gasteiger partial charge in [0.2, 0.25) is 5.89 Å². The molecule has 4 heterocycles. The van der Waals surface area contributed by atoms with E-state index in [2.05, 4.69) is 25.1 Å². The van der Waals surface area contributed by atoms with Crippen LogP contribution in [0.15, 0.2) is 10.7 Å². The van der Waals surface area contributed by atoms with Gasteiger partial charge in [-0.1, -0.05) is 5.16 Å². The highest BCUT2D eigenvalue weighted by atomic mass is 16.5. The molecule has 1 unspecified atom stereocenters. The van der Waals surface area contributed by atoms with Gasteiger partial charge in [0.05, 0.1) is 23.4 Å². The summed E-state index contributed by atoms with van der Waals surface area (Å²) >= 11 is 0. The van der Waals surface area contributed by atoms with E-state index in [1.165, 1.54) is 0 Å². The van der Waals surface area contributed by atoms with Gasteiger partial charge in [-0.05, 0) is 32.6 Å². The van der Waals surface area contributed by atoms with Crippen LogP contribution in [0.5, 0.6) is 0 Å². The predicted molar refractivity (Wildman–Crippen MR) is 107 cm³/mol. The van der Waals surface area contributed by atoms with E-state index in [0.717, 1.165) is 60.6 Å². The molecule has 0 N–H and O–H groups in total. The van der Waals surface area contributed by atoms with Gasteiger partial charge in [-0.25, -0.2) is 9.78 Å². The van der Waals surface area contributed by atoms with Gasteiger partial charge in [0.15, 0.2) is 11.5 Å². The maximum absolute atomic E-state index is 12.7. The van der Waals surface area contributed by atoms with E-state index in [1.807, 2.05) is 20.9 Å². The minimum absolute atomic E-state index is 0.322. The van der Waals surface area contributed by atoms with Gasteiger partial charge < -0.3 is 14.2 Å². The van der Waals surface area contributed by atoms with E-state index < -0.39 is 0 Å². The molecule has 0 spiro atoms. The average Bonchev–Trinajstić information content (AvgIpc) is 3.24. The Kier molecular flexibility index (Phi) is 5.21. The lowest BCUT2D eigenvalue weighted by Gasteiger charge is -2.35. The number of aryl methyl sites for hydroxylation is 3. The van der Waals surface area contributed by atoms with Crippen LogP contribution in [0.2, 0.25) is 0 Å². The second kappa shape index (κ2) is 7.81. The molecule has 0 aromatic carbocycles. The minimum atomic E-state index is -0.351. The highest BCUT2D eigenvalue weighted by Gasteiger charge is 2.29. The average molecular weight is 398 g/mol. The summed E-state index contributed by atoms with van der Waals surface area (Å²) in [6, 6.07) is 0. The molecular weight excluding hydrogens is 372 g/mol. The molecule has 0 aliphatic carbocycles. The maximum atomic E-state index is 12.7. The Hall–Kier alpha value is -2.97. The summed E-state index contributed by atoms with van der Waals surface area (Å²) in [5.41, 5.74) is 2.98. The van der Waals surface area contributed by atoms with Crippen LogP contribution >= 0.6 is 0 Å². The molecule has 0 amide bonds. The zero-order chi connectivity index (χ0) is 20.5. The summed E-state index contributed by atoms with van der Waals surface area (Å²) in [5, 5.41) is 9.48. The summed E-state index contributed by atoms with van der Waals surface area (Å²) in [7, 11) is 1.87. The second-order valence-electron chi connectivity index (χ2n) is 7.54. The lowest BCUT2D eigenvalue weighted by Crippen LogP contribution is -2.37. The number of hydrogen-bond donors (Lipinski definition) is 0. The van der Waals surface area contributed by atoms with Gasteiger partial charge in [0.1, 0.15) is 5.56 Å². The highest BCUT2D eigenvalue weighted by Crippen LogP contribution is 2.35. The van der Waals surface area contributed by atoms with Gasteiger partial charge in [-0.3, -0.25) is 4.68 Å². The quantitative estimate of drug-likeness (QED) is 0.605. The molecule has 1 saturated heterocycles. The van der Waals surface area contributed by atoms with Crippen molar-refractivity contribution in [3.05, 3.63) is 29.2 Å². The van der Waals surface area contributed by atoms with Crippen LogP contribution in [0.25, 0.3) is 11.0 Å². The molecule has 9 heteroatoms. The highest BCUT2D eigenvalue weighted by molar-refractivity contribution is 6.05. The van der Waals surface area contributed by atoms with Gasteiger partial charge in [0, 0.05) is 39.7 Å². The van der Waals surface area contributed by atoms with Crippen molar-refractivity contribution in [2.24, 2.45) is 13.0 Å². The number of esters is 1. The SMILES string of the molecule is CCOC(=O)c1cnc2c(c(C)nn2C)c1N1CCCC(Cc2noc(C)n2)C1. The van der Waals surface area contributed by atoms with E-state index in [4.69, 9.17) is 9.26 Å². The molecule has 1 atom stereocenters. The van der Waals surface area contributed by atoms with Crippen molar-refractivity contribution in [3.63, 3.8) is 0 Å². The van der Waals surface area contributed by atoms with E-state index >= 15 is 0 Å². The number of hydrogen-bond acceptors (Lipinski definition) is 8. The van der Waals surface area contributed by atoms with Crippen LogP contribution in [-0.2, 0) is 18.2 Å². The summed E-state index contributed by atoms with van der Waals surface area (Å²) in [6.07, 6.45) is 4.47. The summed E-state index contributed by atoms with van der Waals surface area (Å²) in [4.78, 5) is 23.8. The summed E-state index contributed by atoms with van der Waals surface area (Å²) in [5.74, 6) is 1.34. The Morgan fingerprint density at radius 1 is 1.38 bits per heavy atom. The third kappa shape index (κ3) is 3.68. The van der Waals surface area contributed by atoms with Gasteiger partial charge >= 0.3 is 5.97 Å². The first-order chi connectivity index (χ1) is 14.0. The zero-order valence-electron chi connectivity index (χ0n) is 17.3. The summed E-state index contributed by atoms with van der Waals surface area (Å²) < 4.78 is 12.2. The molecule has 0 radical (unpaired) electrons. The number of carbonyl (C=O) groups is 1. The van der Waals surface area contributed by atoms with Gasteiger partial charge in [-0.2, -0.15) is 10.1 Å². The van der Waals surface area contributed by atoms with Crippen molar-refractivity contribution in [2.75, 3.05) is 24.6 Å². The predicted octanol–water partition coefficient (Wildman–Crippen LogP) is 2.60. The number of anilines is 1. The zero-order valence-corrected chi connectivity index (χ0v) is 17.3. The molecular formula is C20H26N6O3. The molecule has 9 nitrogen and oxygen atoms in total. The van der Waals surface area contributed by atoms with Gasteiger partial charge in [-0.15, -0.1) is 0 Å². The monoisotopic (exact) mass is 398 g/mol. The standard InChI is InChI=1S/C20H26N6O3/c1-5-28-20(27)15-10-21-19-17(12(2)23-25(19)4)18(15)26-8-6-7-14(11-26)9-16-22-13(3)29-24-16/h10,14H,5-9,11H2,1-4H3. The number of rotatable bonds is 5. The Balaban J connectivity index is 1.72. The van der Waals surface area contributed by atoms with Crippen LogP contribution in [0.1, 0.15) is 47.5 Å². The first-order valence-electron chi connectivity index (χ1n) is 10.0. The summed E-state index contributed by atoms with van der Waals surface area (Å²) in [6.45, 7) is 7.54. The van der Waals surface area contributed by atoms with Crippen LogP contribution in [0, 0.1) is 19.8 Å². The van der Waals surface area contributed by atoms with Crippen molar-refractivity contribution in [2.45, 2.75) is 40.0 Å². The number of carbonyl (C=O) groups excluding carboxylic acids is 1. The first kappa shape index (κ1) is 19.4. The van der Waals surface area contributed by atoms with Crippen molar-refractivity contribution in [3.8, 4) is 0 Å². The minimum Gasteiger partial charge on any atom is -0.462 e. The largest absolute Gasteiger partial charge is 0.462 e. The van der Waals surface area contributed by atoms with Crippen molar-refractivity contribution in [1.82, 2.24) is 24.9 Å². The van der Waals surface area contributed by atoms with Crippen LogP contribution in [0.3, 0.4) is 0 Å². The van der Waals surface area contributed by atoms with E-state index in [-0.39, 0.29) is 5.97 Å². The Bertz CT molecular complexity index is 1040. The molecule has 3 aromatic rings. The molecule has 1 fully saturated rings. The molecule has 4 rings (SSSR count). The van der Waals surface area contributed by atoms with E-state index in [0.29, 0.717) is 24.0 Å². The maximum Gasteiger partial charge on any atom is 0.341 e. The fourth-order valence-electron chi connectivity index (χ4n) is 4.20. The Labute approximate surface area is 169 Å². The fraction of sp³-hybridized carbons (Fsp3) is 0.550. The molecule has 154 valence electrons. The smallest absolute Gasteiger partial charge is 0.341 e. The van der Waals surface area contributed by atoms with Crippen LogP contribution < -0.4 is 4.90 Å². The molecule has 3 aromatic heterocycles. The third-order valence-corrected chi connectivity index (χ3v) is 5.37. The fourth-order valence-corrected chi connectivity index (χ4v) is 4.20. The Morgan fingerprint density at radius 3 is 2.93 bits per heavy atom. The molecule has 1 aliphatic heterocycles. The van der Waals surface area contributed by atoms with Crippen molar-refractivity contribution >= 4 is 22.7 Å². The lowest BCUT2D eigenvalue weighted by molar-refractivity contribution is 0.0526. The number of piperidine rings is 1. The number of aromatic nitrogens is 5. The number of fused-ring (bicyclic) bond motifs is 1. The second-order valence-corrected chi connectivity index (χ2v) is 7.54. The van der Waals surface area contributed by atoms with Crippen molar-refractivity contribution in [1.29, 1.82) is 0 Å². The lowest BCUT2D eigenvalue weighted by atomic mass is 9.93. The van der Waals surface area contributed by atoms with Crippen molar-refractivity contribution < 1.29 is 14.1 Å². The molecule has 1 aliphatic rings. The number of pyridine rings is 1. The Morgan fingerprint density at radius 2 is 2.21 bits per heavy atom. The topological polar surface area (TPSA) is 99.2 Å². The van der Waals surface area contributed by atoms with Crippen LogP contribution in [-0.4, -0.2) is 50.6 Å². The number of ether oxygens (including phenoxy) is 1. The van der Waals surface area contributed by atoms with E-state index in [1.54, 1.807) is 17.8 Å². The van der Waals surface area contributed by atoms with Gasteiger partial charge in [0.25, 0.3) is 0 Å². The van der Waals surface area contributed by atoms with E-state index in [9.17, 15) is 4.79 Å². The first-order valence-corrected chi connectivity index (χ1v) is 10.0.